The van der Waals surface area contributed by atoms with Gasteiger partial charge in [-0.15, -0.1) is 0 Å². The van der Waals surface area contributed by atoms with Crippen molar-refractivity contribution in [3.8, 4) is 0 Å². The monoisotopic (exact) mass is 414 g/mol. The lowest BCUT2D eigenvalue weighted by Gasteiger charge is -2.59. The van der Waals surface area contributed by atoms with Gasteiger partial charge in [0.15, 0.2) is 0 Å². The topological polar surface area (TPSA) is 20.2 Å². The molecule has 4 aliphatic rings. The van der Waals surface area contributed by atoms with Crippen LogP contribution < -0.4 is 0 Å². The van der Waals surface area contributed by atoms with Gasteiger partial charge in [-0.05, 0) is 104 Å². The second-order valence-electron chi connectivity index (χ2n) is 12.8. The molecule has 4 aliphatic carbocycles. The van der Waals surface area contributed by atoms with Crippen molar-refractivity contribution in [3.05, 3.63) is 11.6 Å². The Hall–Kier alpha value is -0.300. The molecular weight excluding hydrogens is 364 g/mol. The predicted molar refractivity (Wildman–Crippen MR) is 128 cm³/mol. The van der Waals surface area contributed by atoms with Crippen molar-refractivity contribution in [1.29, 1.82) is 0 Å². The van der Waals surface area contributed by atoms with Gasteiger partial charge in [0, 0.05) is 0 Å². The lowest BCUT2D eigenvalue weighted by atomic mass is 9.46. The van der Waals surface area contributed by atoms with Crippen LogP contribution in [0.2, 0.25) is 0 Å². The molecule has 3 fully saturated rings. The molecule has 9 atom stereocenters. The second kappa shape index (κ2) is 8.57. The minimum Gasteiger partial charge on any atom is -0.389 e. The SMILES string of the molecule is CCC(CCC(C)C1CCC2C3C(O)C=C4CCCCC4(C)C3CCC12C)C(C)C. The molecule has 0 spiro atoms. The van der Waals surface area contributed by atoms with E-state index >= 15 is 0 Å². The molecule has 1 heteroatoms. The van der Waals surface area contributed by atoms with Crippen LogP contribution in [0, 0.1) is 52.3 Å². The Labute approximate surface area is 187 Å². The average Bonchev–Trinajstić information content (AvgIpc) is 3.05. The van der Waals surface area contributed by atoms with Gasteiger partial charge in [0.05, 0.1) is 6.10 Å². The Morgan fingerprint density at radius 3 is 2.47 bits per heavy atom. The smallest absolute Gasteiger partial charge is 0.0757 e. The van der Waals surface area contributed by atoms with E-state index in [1.807, 2.05) is 0 Å². The fraction of sp³-hybridized carbons (Fsp3) is 0.931. The summed E-state index contributed by atoms with van der Waals surface area (Å²) in [6.07, 6.45) is 17.2. The van der Waals surface area contributed by atoms with Gasteiger partial charge in [-0.25, -0.2) is 0 Å². The molecule has 0 bridgehead atoms. The van der Waals surface area contributed by atoms with Crippen LogP contribution in [-0.2, 0) is 0 Å². The van der Waals surface area contributed by atoms with E-state index in [0.717, 1.165) is 35.5 Å². The number of rotatable bonds is 6. The number of aliphatic hydroxyl groups is 1. The van der Waals surface area contributed by atoms with Crippen molar-refractivity contribution in [2.75, 3.05) is 0 Å². The van der Waals surface area contributed by atoms with E-state index in [-0.39, 0.29) is 6.10 Å². The van der Waals surface area contributed by atoms with Crippen molar-refractivity contribution in [3.63, 3.8) is 0 Å². The molecule has 0 saturated heterocycles. The van der Waals surface area contributed by atoms with Gasteiger partial charge in [-0.3, -0.25) is 0 Å². The molecule has 0 aliphatic heterocycles. The largest absolute Gasteiger partial charge is 0.389 e. The van der Waals surface area contributed by atoms with Gasteiger partial charge >= 0.3 is 0 Å². The Morgan fingerprint density at radius 2 is 1.77 bits per heavy atom. The summed E-state index contributed by atoms with van der Waals surface area (Å²) in [7, 11) is 0. The number of allylic oxidation sites excluding steroid dienone is 1. The lowest BCUT2D eigenvalue weighted by molar-refractivity contribution is -0.0923. The Bertz CT molecular complexity index is 634. The molecule has 9 unspecified atom stereocenters. The number of hydrogen-bond donors (Lipinski definition) is 1. The van der Waals surface area contributed by atoms with Crippen molar-refractivity contribution in [2.45, 2.75) is 118 Å². The standard InChI is InChI=1S/C29H50O/c1-7-21(19(2)3)12-11-20(4)23-13-14-24-27-25(15-17-29(23,24)6)28(5)16-9-8-10-22(28)18-26(27)30/h18-21,23-27,30H,7-17H2,1-6H3. The number of fused-ring (bicyclic) bond motifs is 5. The Morgan fingerprint density at radius 1 is 1.00 bits per heavy atom. The van der Waals surface area contributed by atoms with Crippen LogP contribution in [0.3, 0.4) is 0 Å². The zero-order valence-corrected chi connectivity index (χ0v) is 20.9. The molecule has 3 saturated carbocycles. The van der Waals surface area contributed by atoms with Gasteiger partial charge < -0.3 is 5.11 Å². The third-order valence-corrected chi connectivity index (χ3v) is 11.3. The third kappa shape index (κ3) is 3.64. The van der Waals surface area contributed by atoms with E-state index in [9.17, 15) is 5.11 Å². The fourth-order valence-electron chi connectivity index (χ4n) is 9.34. The Balaban J connectivity index is 1.51. The molecule has 0 aromatic carbocycles. The van der Waals surface area contributed by atoms with E-state index < -0.39 is 0 Å². The zero-order valence-electron chi connectivity index (χ0n) is 20.9. The number of hydrogen-bond acceptors (Lipinski definition) is 1. The molecule has 30 heavy (non-hydrogen) atoms. The van der Waals surface area contributed by atoms with Gasteiger partial charge in [0.25, 0.3) is 0 Å². The summed E-state index contributed by atoms with van der Waals surface area (Å²) in [5.74, 6) is 5.40. The molecule has 0 heterocycles. The van der Waals surface area contributed by atoms with Crippen LogP contribution >= 0.6 is 0 Å². The fourth-order valence-corrected chi connectivity index (χ4v) is 9.34. The summed E-state index contributed by atoms with van der Waals surface area (Å²) >= 11 is 0. The average molecular weight is 415 g/mol. The molecule has 0 radical (unpaired) electrons. The minimum absolute atomic E-state index is 0.180. The summed E-state index contributed by atoms with van der Waals surface area (Å²) in [4.78, 5) is 0. The highest BCUT2D eigenvalue weighted by Crippen LogP contribution is 2.67. The van der Waals surface area contributed by atoms with Crippen LogP contribution in [0.1, 0.15) is 112 Å². The summed E-state index contributed by atoms with van der Waals surface area (Å²) in [6.45, 7) is 15.0. The Kier molecular flexibility index (Phi) is 6.53. The van der Waals surface area contributed by atoms with Crippen LogP contribution in [0.4, 0.5) is 0 Å². The van der Waals surface area contributed by atoms with E-state index in [1.165, 1.54) is 70.6 Å². The van der Waals surface area contributed by atoms with E-state index in [0.29, 0.717) is 16.7 Å². The van der Waals surface area contributed by atoms with Crippen LogP contribution in [-0.4, -0.2) is 11.2 Å². The van der Waals surface area contributed by atoms with Crippen LogP contribution in [0.15, 0.2) is 11.6 Å². The summed E-state index contributed by atoms with van der Waals surface area (Å²) in [5.41, 5.74) is 2.46. The highest BCUT2D eigenvalue weighted by Gasteiger charge is 2.60. The molecule has 0 aromatic rings. The van der Waals surface area contributed by atoms with Gasteiger partial charge in [-0.1, -0.05) is 72.5 Å². The number of aliphatic hydroxyl groups excluding tert-OH is 1. The zero-order chi connectivity index (χ0) is 21.7. The first-order chi connectivity index (χ1) is 14.2. The van der Waals surface area contributed by atoms with Crippen LogP contribution in [0.5, 0.6) is 0 Å². The highest BCUT2D eigenvalue weighted by atomic mass is 16.3. The van der Waals surface area contributed by atoms with Crippen molar-refractivity contribution < 1.29 is 5.11 Å². The minimum atomic E-state index is -0.180. The maximum atomic E-state index is 11.3. The van der Waals surface area contributed by atoms with E-state index in [4.69, 9.17) is 0 Å². The van der Waals surface area contributed by atoms with Crippen molar-refractivity contribution in [1.82, 2.24) is 0 Å². The highest BCUT2D eigenvalue weighted by molar-refractivity contribution is 5.27. The quantitative estimate of drug-likeness (QED) is 0.436. The lowest BCUT2D eigenvalue weighted by Crippen LogP contribution is -2.54. The first-order valence-corrected chi connectivity index (χ1v) is 13.6. The molecule has 0 aromatic heterocycles. The third-order valence-electron chi connectivity index (χ3n) is 11.3. The maximum Gasteiger partial charge on any atom is 0.0757 e. The van der Waals surface area contributed by atoms with Crippen LogP contribution in [0.25, 0.3) is 0 Å². The first-order valence-electron chi connectivity index (χ1n) is 13.6. The van der Waals surface area contributed by atoms with Gasteiger partial charge in [0.2, 0.25) is 0 Å². The molecule has 1 N–H and O–H groups in total. The molecule has 0 amide bonds. The molecule has 172 valence electrons. The van der Waals surface area contributed by atoms with Crippen molar-refractivity contribution >= 4 is 0 Å². The summed E-state index contributed by atoms with van der Waals surface area (Å²) in [5, 5.41) is 11.3. The van der Waals surface area contributed by atoms with E-state index in [1.54, 1.807) is 5.57 Å². The first kappa shape index (κ1) is 22.9. The maximum absolute atomic E-state index is 11.3. The molecular formula is C29H50O. The normalized spacial score (nSPS) is 45.3. The van der Waals surface area contributed by atoms with Gasteiger partial charge in [-0.2, -0.15) is 0 Å². The summed E-state index contributed by atoms with van der Waals surface area (Å²) < 4.78 is 0. The summed E-state index contributed by atoms with van der Waals surface area (Å²) in [6, 6.07) is 0. The molecule has 4 rings (SSSR count). The molecule has 1 nitrogen and oxygen atoms in total. The van der Waals surface area contributed by atoms with Crippen molar-refractivity contribution in [2.24, 2.45) is 52.3 Å². The predicted octanol–water partition coefficient (Wildman–Crippen LogP) is 8.02. The second-order valence-corrected chi connectivity index (χ2v) is 12.8. The van der Waals surface area contributed by atoms with Gasteiger partial charge in [0.1, 0.15) is 0 Å². The van der Waals surface area contributed by atoms with E-state index in [2.05, 4.69) is 47.6 Å².